The van der Waals surface area contributed by atoms with Crippen molar-refractivity contribution in [3.63, 3.8) is 0 Å². The fourth-order valence-corrected chi connectivity index (χ4v) is 2.07. The molecule has 78 valence electrons. The molecule has 0 N–H and O–H groups in total. The van der Waals surface area contributed by atoms with Crippen molar-refractivity contribution in [2.24, 2.45) is 0 Å². The Bertz CT molecular complexity index is 248. The predicted molar refractivity (Wildman–Crippen MR) is 64.9 cm³/mol. The van der Waals surface area contributed by atoms with E-state index in [1.165, 1.54) is 25.0 Å². The second-order valence-electron chi connectivity index (χ2n) is 3.70. The van der Waals surface area contributed by atoms with Gasteiger partial charge >= 0.3 is 0 Å². The van der Waals surface area contributed by atoms with Crippen LogP contribution in [0.4, 0.5) is 0 Å². The molecule has 0 spiro atoms. The van der Waals surface area contributed by atoms with E-state index in [-0.39, 0.29) is 0 Å². The zero-order valence-corrected chi connectivity index (χ0v) is 10.5. The van der Waals surface area contributed by atoms with Crippen molar-refractivity contribution >= 4 is 15.9 Å². The molecule has 1 rings (SSSR count). The van der Waals surface area contributed by atoms with Crippen molar-refractivity contribution in [3.05, 3.63) is 30.1 Å². The fraction of sp³-hybridized carbons (Fsp3) is 0.583. The van der Waals surface area contributed by atoms with Crippen LogP contribution in [0.25, 0.3) is 0 Å². The Morgan fingerprint density at radius 1 is 1.43 bits per heavy atom. The molecule has 0 saturated carbocycles. The highest BCUT2D eigenvalue weighted by atomic mass is 79.9. The Kier molecular flexibility index (Phi) is 5.16. The predicted octanol–water partition coefficient (Wildman–Crippen LogP) is 4.14. The monoisotopic (exact) mass is 255 g/mol. The molecule has 0 aliphatic rings. The third kappa shape index (κ3) is 3.41. The van der Waals surface area contributed by atoms with E-state index >= 15 is 0 Å². The van der Waals surface area contributed by atoms with E-state index in [0.717, 1.165) is 0 Å². The van der Waals surface area contributed by atoms with Crippen molar-refractivity contribution in [1.82, 2.24) is 4.98 Å². The molecule has 0 amide bonds. The van der Waals surface area contributed by atoms with Crippen LogP contribution in [0, 0.1) is 0 Å². The van der Waals surface area contributed by atoms with Crippen LogP contribution in [-0.4, -0.2) is 9.81 Å². The summed E-state index contributed by atoms with van der Waals surface area (Å²) in [5, 5.41) is 0. The van der Waals surface area contributed by atoms with E-state index in [1.54, 1.807) is 0 Å². The highest BCUT2D eigenvalue weighted by Crippen LogP contribution is 2.26. The lowest BCUT2D eigenvalue weighted by atomic mass is 9.99. The van der Waals surface area contributed by atoms with Crippen LogP contribution in [0.5, 0.6) is 0 Å². The van der Waals surface area contributed by atoms with Gasteiger partial charge in [0, 0.05) is 22.6 Å². The van der Waals surface area contributed by atoms with Gasteiger partial charge in [0.05, 0.1) is 0 Å². The maximum absolute atomic E-state index is 4.38. The minimum Gasteiger partial charge on any atom is -0.261 e. The molecule has 1 aromatic rings. The van der Waals surface area contributed by atoms with E-state index in [4.69, 9.17) is 0 Å². The molecule has 2 heteroatoms. The molecular formula is C12H18BrN. The highest BCUT2D eigenvalue weighted by molar-refractivity contribution is 9.09. The Morgan fingerprint density at radius 2 is 2.21 bits per heavy atom. The van der Waals surface area contributed by atoms with Crippen molar-refractivity contribution in [3.8, 4) is 0 Å². The van der Waals surface area contributed by atoms with E-state index in [2.05, 4.69) is 46.9 Å². The summed E-state index contributed by atoms with van der Waals surface area (Å²) >= 11 is 3.74. The molecule has 1 nitrogen and oxygen atoms in total. The number of halogens is 1. The average molecular weight is 256 g/mol. The molecule has 2 unspecified atom stereocenters. The molecule has 2 atom stereocenters. The normalized spacial score (nSPS) is 15.1. The fourth-order valence-electron chi connectivity index (χ4n) is 1.48. The quantitative estimate of drug-likeness (QED) is 0.721. The molecule has 14 heavy (non-hydrogen) atoms. The lowest BCUT2D eigenvalue weighted by molar-refractivity contribution is 0.611. The van der Waals surface area contributed by atoms with Crippen LogP contribution in [0.2, 0.25) is 0 Å². The van der Waals surface area contributed by atoms with Gasteiger partial charge in [-0.05, 0) is 18.6 Å². The van der Waals surface area contributed by atoms with E-state index in [9.17, 15) is 0 Å². The Morgan fingerprint density at radius 3 is 2.79 bits per heavy atom. The average Bonchev–Trinajstić information content (AvgIpc) is 2.26. The Balaban J connectivity index is 2.52. The number of rotatable bonds is 5. The molecule has 0 aliphatic carbocycles. The maximum Gasteiger partial charge on any atom is 0.0442 e. The molecule has 0 bridgehead atoms. The van der Waals surface area contributed by atoms with Gasteiger partial charge in [0.15, 0.2) is 0 Å². The summed E-state index contributed by atoms with van der Waals surface area (Å²) in [6, 6.07) is 6.12. The molecule has 0 saturated heterocycles. The zero-order valence-electron chi connectivity index (χ0n) is 8.91. The maximum atomic E-state index is 4.38. The second kappa shape index (κ2) is 6.18. The minimum atomic E-state index is 0.503. The number of pyridine rings is 1. The van der Waals surface area contributed by atoms with Crippen molar-refractivity contribution in [2.45, 2.75) is 43.9 Å². The number of aromatic nitrogens is 1. The molecular weight excluding hydrogens is 238 g/mol. The van der Waals surface area contributed by atoms with E-state index < -0.39 is 0 Å². The number of hydrogen-bond acceptors (Lipinski definition) is 1. The summed E-state index contributed by atoms with van der Waals surface area (Å²) in [5.74, 6) is 0.503. The summed E-state index contributed by atoms with van der Waals surface area (Å²) in [7, 11) is 0. The van der Waals surface area contributed by atoms with Gasteiger partial charge < -0.3 is 0 Å². The first-order chi connectivity index (χ1) is 6.75. The SMILES string of the molecule is CCCCC(Br)C(C)c1ccccn1. The Hall–Kier alpha value is -0.370. The largest absolute Gasteiger partial charge is 0.261 e. The molecule has 0 aromatic carbocycles. The number of nitrogens with zero attached hydrogens (tertiary/aromatic N) is 1. The lowest BCUT2D eigenvalue weighted by Crippen LogP contribution is -2.10. The number of hydrogen-bond donors (Lipinski definition) is 0. The van der Waals surface area contributed by atoms with Gasteiger partial charge in [-0.2, -0.15) is 0 Å². The second-order valence-corrected chi connectivity index (χ2v) is 4.88. The van der Waals surface area contributed by atoms with Gasteiger partial charge in [-0.15, -0.1) is 0 Å². The van der Waals surface area contributed by atoms with Crippen molar-refractivity contribution in [2.75, 3.05) is 0 Å². The first kappa shape index (κ1) is 11.7. The summed E-state index contributed by atoms with van der Waals surface area (Å²) in [5.41, 5.74) is 1.19. The standard InChI is InChI=1S/C12H18BrN/c1-3-4-7-11(13)10(2)12-8-5-6-9-14-12/h5-6,8-11H,3-4,7H2,1-2H3. The summed E-state index contributed by atoms with van der Waals surface area (Å²) in [6.45, 7) is 4.46. The van der Waals surface area contributed by atoms with Crippen LogP contribution in [0.3, 0.4) is 0 Å². The molecule has 0 radical (unpaired) electrons. The van der Waals surface area contributed by atoms with Gasteiger partial charge in [0.25, 0.3) is 0 Å². The third-order valence-corrected chi connectivity index (χ3v) is 3.78. The number of unbranched alkanes of at least 4 members (excludes halogenated alkanes) is 1. The smallest absolute Gasteiger partial charge is 0.0442 e. The summed E-state index contributed by atoms with van der Waals surface area (Å²) < 4.78 is 0. The topological polar surface area (TPSA) is 12.9 Å². The molecule has 1 heterocycles. The lowest BCUT2D eigenvalue weighted by Gasteiger charge is -2.17. The highest BCUT2D eigenvalue weighted by Gasteiger charge is 2.15. The van der Waals surface area contributed by atoms with Gasteiger partial charge in [-0.25, -0.2) is 0 Å². The van der Waals surface area contributed by atoms with Crippen LogP contribution in [0.15, 0.2) is 24.4 Å². The zero-order chi connectivity index (χ0) is 10.4. The first-order valence-corrected chi connectivity index (χ1v) is 6.22. The third-order valence-electron chi connectivity index (χ3n) is 2.53. The van der Waals surface area contributed by atoms with Crippen LogP contribution in [0.1, 0.15) is 44.7 Å². The van der Waals surface area contributed by atoms with Crippen molar-refractivity contribution in [1.29, 1.82) is 0 Å². The summed E-state index contributed by atoms with van der Waals surface area (Å²) in [6.07, 6.45) is 5.64. The Labute approximate surface area is 95.1 Å². The molecule has 0 aliphatic heterocycles. The van der Waals surface area contributed by atoms with Gasteiger partial charge in [0.2, 0.25) is 0 Å². The molecule has 0 fully saturated rings. The van der Waals surface area contributed by atoms with Gasteiger partial charge in [-0.1, -0.05) is 48.7 Å². The van der Waals surface area contributed by atoms with Gasteiger partial charge in [-0.3, -0.25) is 4.98 Å². The van der Waals surface area contributed by atoms with E-state index in [0.29, 0.717) is 10.7 Å². The van der Waals surface area contributed by atoms with Crippen molar-refractivity contribution < 1.29 is 0 Å². The van der Waals surface area contributed by atoms with Crippen LogP contribution in [-0.2, 0) is 0 Å². The minimum absolute atomic E-state index is 0.503. The summed E-state index contributed by atoms with van der Waals surface area (Å²) in [4.78, 5) is 4.93. The van der Waals surface area contributed by atoms with E-state index in [1.807, 2.05) is 12.3 Å². The van der Waals surface area contributed by atoms with Crippen LogP contribution >= 0.6 is 15.9 Å². The molecule has 1 aromatic heterocycles. The first-order valence-electron chi connectivity index (χ1n) is 5.30. The van der Waals surface area contributed by atoms with Crippen LogP contribution < -0.4 is 0 Å². The number of alkyl halides is 1. The van der Waals surface area contributed by atoms with Gasteiger partial charge in [0.1, 0.15) is 0 Å².